The van der Waals surface area contributed by atoms with E-state index in [1.807, 2.05) is 38.1 Å². The summed E-state index contributed by atoms with van der Waals surface area (Å²) in [5.74, 6) is -0.114. The van der Waals surface area contributed by atoms with Crippen molar-refractivity contribution < 1.29 is 23.9 Å². The SMILES string of the molecule is CC[C@H](C)[C@@H]([C@@H](CC(=O)N1CCC[C@H]1[C@H](OC)[C@@H](C)C(=O)NCc1nccs1)OC)N(C)C(=O)CC(C)C. The van der Waals surface area contributed by atoms with Crippen molar-refractivity contribution in [2.24, 2.45) is 17.8 Å². The molecule has 1 aromatic heterocycles. The number of rotatable bonds is 15. The van der Waals surface area contributed by atoms with E-state index in [0.717, 1.165) is 24.3 Å². The van der Waals surface area contributed by atoms with Crippen LogP contribution in [0.3, 0.4) is 0 Å². The molecule has 38 heavy (non-hydrogen) atoms. The minimum absolute atomic E-state index is 0.0326. The fourth-order valence-corrected chi connectivity index (χ4v) is 6.04. The zero-order valence-corrected chi connectivity index (χ0v) is 25.3. The average molecular weight is 553 g/mol. The smallest absolute Gasteiger partial charge is 0.225 e. The first-order valence-corrected chi connectivity index (χ1v) is 14.7. The number of ether oxygens (including phenoxy) is 2. The molecule has 6 atom stereocenters. The Morgan fingerprint density at radius 2 is 1.89 bits per heavy atom. The third-order valence-corrected chi connectivity index (χ3v) is 8.56. The molecule has 2 rings (SSSR count). The maximum Gasteiger partial charge on any atom is 0.225 e. The quantitative estimate of drug-likeness (QED) is 0.356. The van der Waals surface area contributed by atoms with Gasteiger partial charge >= 0.3 is 0 Å². The van der Waals surface area contributed by atoms with Crippen molar-refractivity contribution in [1.82, 2.24) is 20.1 Å². The monoisotopic (exact) mass is 552 g/mol. The van der Waals surface area contributed by atoms with Crippen LogP contribution in [-0.2, 0) is 30.4 Å². The van der Waals surface area contributed by atoms with Crippen LogP contribution in [0.2, 0.25) is 0 Å². The lowest BCUT2D eigenvalue weighted by Crippen LogP contribution is -2.53. The molecule has 1 aromatic rings. The number of methoxy groups -OCH3 is 2. The highest BCUT2D eigenvalue weighted by molar-refractivity contribution is 7.09. The van der Waals surface area contributed by atoms with Crippen LogP contribution >= 0.6 is 11.3 Å². The van der Waals surface area contributed by atoms with Crippen LogP contribution in [-0.4, -0.2) is 84.6 Å². The lowest BCUT2D eigenvalue weighted by molar-refractivity contribution is -0.146. The van der Waals surface area contributed by atoms with Gasteiger partial charge in [-0.1, -0.05) is 41.0 Å². The Balaban J connectivity index is 2.13. The summed E-state index contributed by atoms with van der Waals surface area (Å²) in [5.41, 5.74) is 0. The van der Waals surface area contributed by atoms with Crippen LogP contribution in [0.1, 0.15) is 71.7 Å². The Kier molecular flexibility index (Phi) is 13.1. The van der Waals surface area contributed by atoms with E-state index in [2.05, 4.69) is 24.1 Å². The van der Waals surface area contributed by atoms with Gasteiger partial charge in [0.05, 0.1) is 43.2 Å². The van der Waals surface area contributed by atoms with Gasteiger partial charge in [0.1, 0.15) is 5.01 Å². The van der Waals surface area contributed by atoms with Crippen LogP contribution in [0.15, 0.2) is 11.6 Å². The standard InChI is InChI=1S/C28H48N4O5S/c1-9-19(4)26(31(6)24(33)15-18(2)3)22(36-7)16-25(34)32-13-10-11-21(32)27(37-8)20(5)28(35)30-17-23-29-12-14-38-23/h12,14,18-22,26-27H,9-11,13,15-17H2,1-8H3,(H,30,35)/t19-,20+,21-,22+,26-,27+/m0/s1. The number of likely N-dealkylation sites (N-methyl/N-ethyl adjacent to an activating group) is 1. The molecular formula is C28H48N4O5S. The Morgan fingerprint density at radius 3 is 2.45 bits per heavy atom. The minimum Gasteiger partial charge on any atom is -0.379 e. The molecule has 0 bridgehead atoms. The zero-order valence-electron chi connectivity index (χ0n) is 24.4. The van der Waals surface area contributed by atoms with Crippen LogP contribution in [0, 0.1) is 17.8 Å². The molecule has 0 unspecified atom stereocenters. The van der Waals surface area contributed by atoms with Crippen LogP contribution in [0.4, 0.5) is 0 Å². The molecule has 0 aromatic carbocycles. The van der Waals surface area contributed by atoms with Gasteiger partial charge in [-0.15, -0.1) is 11.3 Å². The van der Waals surface area contributed by atoms with Gasteiger partial charge in [-0.25, -0.2) is 4.98 Å². The number of amides is 3. The first-order chi connectivity index (χ1) is 18.0. The Bertz CT molecular complexity index is 881. The van der Waals surface area contributed by atoms with E-state index < -0.39 is 18.1 Å². The molecule has 1 saturated heterocycles. The lowest BCUT2D eigenvalue weighted by Gasteiger charge is -2.39. The van der Waals surface area contributed by atoms with Crippen LogP contribution < -0.4 is 5.32 Å². The highest BCUT2D eigenvalue weighted by Gasteiger charge is 2.41. The normalized spacial score (nSPS) is 19.6. The molecule has 1 N–H and O–H groups in total. The molecule has 1 fully saturated rings. The zero-order chi connectivity index (χ0) is 28.4. The van der Waals surface area contributed by atoms with Gasteiger partial charge in [0.15, 0.2) is 0 Å². The van der Waals surface area contributed by atoms with Crippen molar-refractivity contribution in [2.75, 3.05) is 27.8 Å². The van der Waals surface area contributed by atoms with Gasteiger partial charge in [0.2, 0.25) is 17.7 Å². The molecule has 3 amide bonds. The Morgan fingerprint density at radius 1 is 1.18 bits per heavy atom. The highest BCUT2D eigenvalue weighted by Crippen LogP contribution is 2.29. The average Bonchev–Trinajstić information content (AvgIpc) is 3.59. The van der Waals surface area contributed by atoms with Gasteiger partial charge in [-0.2, -0.15) is 0 Å². The van der Waals surface area contributed by atoms with Crippen molar-refractivity contribution in [3.63, 3.8) is 0 Å². The van der Waals surface area contributed by atoms with Gasteiger partial charge < -0.3 is 24.6 Å². The molecule has 0 saturated carbocycles. The Labute approximate surface area is 232 Å². The third kappa shape index (κ3) is 8.48. The molecule has 1 aliphatic heterocycles. The molecule has 0 spiro atoms. The molecule has 0 aliphatic carbocycles. The minimum atomic E-state index is -0.441. The second-order valence-corrected chi connectivity index (χ2v) is 11.9. The van der Waals surface area contributed by atoms with Crippen molar-refractivity contribution >= 4 is 29.1 Å². The first-order valence-electron chi connectivity index (χ1n) is 13.8. The number of nitrogens with one attached hydrogen (secondary N) is 1. The number of carbonyl (C=O) groups excluding carboxylic acids is 3. The topological polar surface area (TPSA) is 101 Å². The van der Waals surface area contributed by atoms with Gasteiger partial charge in [0, 0.05) is 45.8 Å². The molecule has 10 heteroatoms. The second kappa shape index (κ2) is 15.5. The predicted octanol–water partition coefficient (Wildman–Crippen LogP) is 3.73. The second-order valence-electron chi connectivity index (χ2n) is 10.9. The predicted molar refractivity (Wildman–Crippen MR) is 150 cm³/mol. The highest BCUT2D eigenvalue weighted by atomic mass is 32.1. The largest absolute Gasteiger partial charge is 0.379 e. The molecule has 9 nitrogen and oxygen atoms in total. The van der Waals surface area contributed by atoms with Gasteiger partial charge in [-0.05, 0) is 24.7 Å². The molecular weight excluding hydrogens is 504 g/mol. The van der Waals surface area contributed by atoms with Crippen LogP contribution in [0.5, 0.6) is 0 Å². The van der Waals surface area contributed by atoms with E-state index in [9.17, 15) is 14.4 Å². The number of thiazole rings is 1. The summed E-state index contributed by atoms with van der Waals surface area (Å²) in [7, 11) is 5.04. The van der Waals surface area contributed by atoms with Crippen molar-refractivity contribution in [3.05, 3.63) is 16.6 Å². The number of carbonyl (C=O) groups is 3. The summed E-state index contributed by atoms with van der Waals surface area (Å²) < 4.78 is 11.7. The molecule has 216 valence electrons. The van der Waals surface area contributed by atoms with E-state index in [0.29, 0.717) is 19.5 Å². The van der Waals surface area contributed by atoms with Crippen molar-refractivity contribution in [2.45, 2.75) is 97.6 Å². The maximum atomic E-state index is 13.7. The molecule has 2 heterocycles. The van der Waals surface area contributed by atoms with E-state index >= 15 is 0 Å². The number of hydrogen-bond donors (Lipinski definition) is 1. The summed E-state index contributed by atoms with van der Waals surface area (Å²) in [5, 5.41) is 5.67. The van der Waals surface area contributed by atoms with E-state index in [1.165, 1.54) is 11.3 Å². The fourth-order valence-electron chi connectivity index (χ4n) is 5.48. The van der Waals surface area contributed by atoms with Crippen LogP contribution in [0.25, 0.3) is 0 Å². The summed E-state index contributed by atoms with van der Waals surface area (Å²) in [6.07, 6.45) is 3.97. The summed E-state index contributed by atoms with van der Waals surface area (Å²) in [6.45, 7) is 11.1. The van der Waals surface area contributed by atoms with E-state index in [4.69, 9.17) is 9.47 Å². The summed E-state index contributed by atoms with van der Waals surface area (Å²) >= 11 is 1.49. The van der Waals surface area contributed by atoms with Gasteiger partial charge in [-0.3, -0.25) is 14.4 Å². The third-order valence-electron chi connectivity index (χ3n) is 7.78. The fraction of sp³-hybridized carbons (Fsp3) is 0.786. The summed E-state index contributed by atoms with van der Waals surface area (Å²) in [4.78, 5) is 47.4. The first kappa shape index (κ1) is 32.2. The van der Waals surface area contributed by atoms with E-state index in [1.54, 1.807) is 25.3 Å². The number of hydrogen-bond acceptors (Lipinski definition) is 7. The van der Waals surface area contributed by atoms with Gasteiger partial charge in [0.25, 0.3) is 0 Å². The van der Waals surface area contributed by atoms with Crippen molar-refractivity contribution in [1.29, 1.82) is 0 Å². The maximum absolute atomic E-state index is 13.7. The molecule has 0 radical (unpaired) electrons. The van der Waals surface area contributed by atoms with Crippen molar-refractivity contribution in [3.8, 4) is 0 Å². The lowest BCUT2D eigenvalue weighted by atomic mass is 9.90. The number of nitrogens with zero attached hydrogens (tertiary/aromatic N) is 3. The number of likely N-dealkylation sites (tertiary alicyclic amines) is 1. The Hall–Kier alpha value is -2.04. The molecule has 1 aliphatic rings. The number of aromatic nitrogens is 1. The van der Waals surface area contributed by atoms with E-state index in [-0.39, 0.29) is 48.1 Å². The summed E-state index contributed by atoms with van der Waals surface area (Å²) in [6, 6.07) is -0.414.